The molecule has 0 spiro atoms. The van der Waals surface area contributed by atoms with Crippen LogP contribution in [0.15, 0.2) is 97.6 Å². The van der Waals surface area contributed by atoms with E-state index in [2.05, 4.69) is 19.9 Å². The highest BCUT2D eigenvalue weighted by Crippen LogP contribution is 2.37. The molecule has 5 heterocycles. The van der Waals surface area contributed by atoms with Gasteiger partial charge in [-0.2, -0.15) is 9.97 Å². The van der Waals surface area contributed by atoms with Gasteiger partial charge in [0.05, 0.1) is 77.6 Å². The normalized spacial score (nSPS) is 15.9. The van der Waals surface area contributed by atoms with Gasteiger partial charge < -0.3 is 56.8 Å². The number of benzene rings is 4. The average Bonchev–Trinajstić information content (AvgIpc) is 3.22. The smallest absolute Gasteiger partial charge is 0.241 e. The van der Waals surface area contributed by atoms with E-state index in [0.29, 0.717) is 101 Å². The third-order valence-electron chi connectivity index (χ3n) is 8.33. The van der Waals surface area contributed by atoms with E-state index in [1.165, 1.54) is 24.8 Å². The lowest BCUT2D eigenvalue weighted by molar-refractivity contribution is 0.0273. The zero-order valence-corrected chi connectivity index (χ0v) is 31.4. The number of aromatic nitrogens is 4. The predicted molar refractivity (Wildman–Crippen MR) is 206 cm³/mol. The summed E-state index contributed by atoms with van der Waals surface area (Å²) >= 11 is 0. The van der Waals surface area contributed by atoms with Gasteiger partial charge in [0.15, 0.2) is 0 Å². The van der Waals surface area contributed by atoms with E-state index in [1.807, 2.05) is 36.4 Å². The molecule has 0 atom stereocenters. The molecule has 0 saturated carbocycles. The second-order valence-electron chi connectivity index (χ2n) is 12.5. The third-order valence-corrected chi connectivity index (χ3v) is 8.33. The summed E-state index contributed by atoms with van der Waals surface area (Å²) < 4.78 is 71.6. The van der Waals surface area contributed by atoms with Crippen molar-refractivity contribution >= 4 is 10.8 Å². The first-order valence-electron chi connectivity index (χ1n) is 18.7. The van der Waals surface area contributed by atoms with Crippen molar-refractivity contribution in [1.82, 2.24) is 19.9 Å². The maximum Gasteiger partial charge on any atom is 0.241 e. The van der Waals surface area contributed by atoms with Gasteiger partial charge in [0.25, 0.3) is 0 Å². The molecule has 0 aliphatic carbocycles. The van der Waals surface area contributed by atoms with Crippen molar-refractivity contribution in [3.63, 3.8) is 0 Å². The molecule has 0 fully saturated rings. The lowest BCUT2D eigenvalue weighted by atomic mass is 10.1. The van der Waals surface area contributed by atoms with E-state index in [-0.39, 0.29) is 36.7 Å². The van der Waals surface area contributed by atoms with Crippen LogP contribution in [0.4, 0.5) is 0 Å². The minimum Gasteiger partial charge on any atom is -0.491 e. The van der Waals surface area contributed by atoms with E-state index in [9.17, 15) is 0 Å². The highest BCUT2D eigenvalue weighted by Gasteiger charge is 2.14. The van der Waals surface area contributed by atoms with Crippen LogP contribution in [-0.2, 0) is 18.9 Å². The van der Waals surface area contributed by atoms with Crippen LogP contribution >= 0.6 is 0 Å². The van der Waals surface area contributed by atoms with Crippen LogP contribution in [0.2, 0.25) is 0 Å². The Labute approximate surface area is 333 Å². The standard InChI is InChI=1S/C42H40N4O12/c1-3-35-36-4-2-6-38(35)54-18-14-50-10-8-48-12-16-52-30-21-33-24-34(22-30)58-42-28-44-26-40(46-42)56-32-20-29(19-31(23-32)55-39-25-43-27-41(45-39)57-33)51-15-11-47-7-9-49-13-17-53-37(36)5-1/h1-6,19-28H,7-18H2. The van der Waals surface area contributed by atoms with Gasteiger partial charge in [0.1, 0.15) is 72.4 Å². The molecule has 9 rings (SSSR count). The van der Waals surface area contributed by atoms with E-state index < -0.39 is 0 Å². The Morgan fingerprint density at radius 2 is 0.638 bits per heavy atom. The number of nitrogens with zero attached hydrogens (tertiary/aromatic N) is 4. The second-order valence-corrected chi connectivity index (χ2v) is 12.5. The fraction of sp³-hybridized carbons (Fsp3) is 0.286. The molecule has 0 saturated heterocycles. The Bertz CT molecular complexity index is 2040. The summed E-state index contributed by atoms with van der Waals surface area (Å²) in [6, 6.07) is 21.9. The van der Waals surface area contributed by atoms with E-state index in [1.54, 1.807) is 36.4 Å². The van der Waals surface area contributed by atoms with Crippen molar-refractivity contribution in [3.05, 3.63) is 97.6 Å². The first-order valence-corrected chi connectivity index (χ1v) is 18.7. The maximum absolute atomic E-state index is 6.10. The monoisotopic (exact) mass is 792 g/mol. The largest absolute Gasteiger partial charge is 0.491 e. The molecule has 0 radical (unpaired) electrons. The van der Waals surface area contributed by atoms with Crippen LogP contribution in [-0.4, -0.2) is 99.2 Å². The third kappa shape index (κ3) is 10.9. The van der Waals surface area contributed by atoms with Gasteiger partial charge in [0, 0.05) is 47.2 Å². The van der Waals surface area contributed by atoms with E-state index >= 15 is 0 Å². The fourth-order valence-corrected chi connectivity index (χ4v) is 5.84. The van der Waals surface area contributed by atoms with Crippen LogP contribution in [0.3, 0.4) is 0 Å². The number of ether oxygens (including phenoxy) is 12. The lowest BCUT2D eigenvalue weighted by Crippen LogP contribution is -2.13. The molecule has 16 nitrogen and oxygen atoms in total. The molecule has 6 aromatic rings. The average molecular weight is 793 g/mol. The lowest BCUT2D eigenvalue weighted by Gasteiger charge is -2.15. The maximum atomic E-state index is 6.10. The molecule has 58 heavy (non-hydrogen) atoms. The summed E-state index contributed by atoms with van der Waals surface area (Å²) in [5, 5.41) is 1.90. The van der Waals surface area contributed by atoms with Crippen molar-refractivity contribution in [2.45, 2.75) is 0 Å². The van der Waals surface area contributed by atoms with Crippen LogP contribution in [0.5, 0.6) is 69.5 Å². The van der Waals surface area contributed by atoms with Gasteiger partial charge in [-0.25, -0.2) is 0 Å². The summed E-state index contributed by atoms with van der Waals surface area (Å²) in [5.41, 5.74) is 0. The molecular weight excluding hydrogens is 752 g/mol. The molecule has 0 amide bonds. The minimum atomic E-state index is 0.166. The molecule has 16 heteroatoms. The molecule has 0 N–H and O–H groups in total. The zero-order chi connectivity index (χ0) is 39.2. The van der Waals surface area contributed by atoms with Gasteiger partial charge in [-0.1, -0.05) is 24.3 Å². The Balaban J connectivity index is 0.986. The highest BCUT2D eigenvalue weighted by molar-refractivity contribution is 5.93. The minimum absolute atomic E-state index is 0.166. The Morgan fingerprint density at radius 1 is 0.328 bits per heavy atom. The number of hydrogen-bond acceptors (Lipinski definition) is 16. The van der Waals surface area contributed by atoms with Crippen molar-refractivity contribution in [2.75, 3.05) is 79.3 Å². The Kier molecular flexibility index (Phi) is 13.0. The van der Waals surface area contributed by atoms with Crippen LogP contribution in [0.25, 0.3) is 10.8 Å². The Hall–Kier alpha value is -6.46. The summed E-state index contributed by atoms with van der Waals surface area (Å²) in [6.07, 6.45) is 5.84. The van der Waals surface area contributed by atoms with E-state index in [4.69, 9.17) is 56.8 Å². The Morgan fingerprint density at radius 3 is 1.00 bits per heavy atom. The van der Waals surface area contributed by atoms with Crippen LogP contribution in [0.1, 0.15) is 0 Å². The van der Waals surface area contributed by atoms with Gasteiger partial charge in [-0.3, -0.25) is 9.97 Å². The first kappa shape index (κ1) is 38.4. The summed E-state index contributed by atoms with van der Waals surface area (Å²) in [7, 11) is 0. The van der Waals surface area contributed by atoms with Crippen molar-refractivity contribution in [1.29, 1.82) is 0 Å². The SMILES string of the molecule is c1cc2c3cccc(c3c1)OCCOCCOCCOc1cc3cc(c1)Oc1cncc(n1)Oc1cc(cc(c1)Oc1cncc(n1)O3)OCCOCCOCCO2. The first-order chi connectivity index (χ1) is 28.7. The van der Waals surface area contributed by atoms with Crippen molar-refractivity contribution in [3.8, 4) is 69.5 Å². The van der Waals surface area contributed by atoms with Gasteiger partial charge in [-0.05, 0) is 12.1 Å². The van der Waals surface area contributed by atoms with Crippen molar-refractivity contribution in [2.24, 2.45) is 0 Å². The molecule has 3 aliphatic rings. The van der Waals surface area contributed by atoms with Crippen molar-refractivity contribution < 1.29 is 56.8 Å². The summed E-state index contributed by atoms with van der Waals surface area (Å²) in [5.74, 6) is 4.51. The zero-order valence-electron chi connectivity index (χ0n) is 31.4. The molecular formula is C42H40N4O12. The number of fused-ring (bicyclic) bond motifs is 18. The van der Waals surface area contributed by atoms with Gasteiger partial charge in [0.2, 0.25) is 23.5 Å². The number of hydrogen-bond donors (Lipinski definition) is 0. The number of rotatable bonds is 0. The van der Waals surface area contributed by atoms with Crippen LogP contribution in [0, 0.1) is 0 Å². The highest BCUT2D eigenvalue weighted by atomic mass is 16.6. The molecule has 300 valence electrons. The second kappa shape index (κ2) is 19.6. The predicted octanol–water partition coefficient (Wildman–Crippen LogP) is 7.20. The summed E-state index contributed by atoms with van der Waals surface area (Å²) in [6.45, 7) is 4.16. The quantitative estimate of drug-likeness (QED) is 0.142. The molecule has 2 aromatic heterocycles. The van der Waals surface area contributed by atoms with Gasteiger partial charge >= 0.3 is 0 Å². The van der Waals surface area contributed by atoms with Gasteiger partial charge in [-0.15, -0.1) is 0 Å². The molecule has 3 aliphatic heterocycles. The molecule has 4 aromatic carbocycles. The molecule has 14 bridgehead atoms. The van der Waals surface area contributed by atoms with E-state index in [0.717, 1.165) is 22.3 Å². The molecule has 0 unspecified atom stereocenters. The summed E-state index contributed by atoms with van der Waals surface area (Å²) in [4.78, 5) is 17.5. The topological polar surface area (TPSA) is 162 Å². The van der Waals surface area contributed by atoms with Crippen LogP contribution < -0.4 is 37.9 Å². The fourth-order valence-electron chi connectivity index (χ4n) is 5.84.